The van der Waals surface area contributed by atoms with Crippen molar-refractivity contribution in [1.82, 2.24) is 4.98 Å². The van der Waals surface area contributed by atoms with E-state index in [1.807, 2.05) is 30.3 Å². The predicted octanol–water partition coefficient (Wildman–Crippen LogP) is 3.74. The second-order valence-electron chi connectivity index (χ2n) is 5.26. The summed E-state index contributed by atoms with van der Waals surface area (Å²) < 4.78 is 5.78. The lowest BCUT2D eigenvalue weighted by Crippen LogP contribution is -2.04. The molecular formula is C17H17NO2. The Kier molecular flexibility index (Phi) is 3.50. The fourth-order valence-electron chi connectivity index (χ4n) is 2.14. The molecule has 0 unspecified atom stereocenters. The van der Waals surface area contributed by atoms with E-state index in [4.69, 9.17) is 4.74 Å². The Bertz CT molecular complexity index is 618. The van der Waals surface area contributed by atoms with Gasteiger partial charge in [-0.3, -0.25) is 9.78 Å². The molecule has 1 aromatic carbocycles. The minimum atomic E-state index is 0.0292. The molecule has 0 saturated heterocycles. The molecule has 2 aromatic rings. The maximum Gasteiger partial charge on any atom is 0.163 e. The first-order valence-corrected chi connectivity index (χ1v) is 6.92. The van der Waals surface area contributed by atoms with Gasteiger partial charge in [0.25, 0.3) is 0 Å². The summed E-state index contributed by atoms with van der Waals surface area (Å²) in [6.07, 6.45) is 6.01. The van der Waals surface area contributed by atoms with Crippen molar-refractivity contribution in [2.24, 2.45) is 5.92 Å². The number of hydrogen-bond acceptors (Lipinski definition) is 3. The number of carbonyl (C=O) groups excluding carboxylic acids is 1. The zero-order valence-electron chi connectivity index (χ0n) is 11.5. The molecule has 1 fully saturated rings. The molecule has 3 heteroatoms. The Morgan fingerprint density at radius 3 is 2.80 bits per heavy atom. The first kappa shape index (κ1) is 12.9. The highest BCUT2D eigenvalue weighted by Gasteiger charge is 2.22. The van der Waals surface area contributed by atoms with Crippen LogP contribution in [0.1, 0.15) is 30.1 Å². The van der Waals surface area contributed by atoms with E-state index >= 15 is 0 Å². The molecule has 0 bridgehead atoms. The molecule has 0 atom stereocenters. The summed E-state index contributed by atoms with van der Waals surface area (Å²) in [7, 11) is 0. The number of benzene rings is 1. The number of rotatable bonds is 5. The summed E-state index contributed by atoms with van der Waals surface area (Å²) in [5.41, 5.74) is 2.64. The second-order valence-corrected chi connectivity index (χ2v) is 5.26. The van der Waals surface area contributed by atoms with Crippen LogP contribution in [0.25, 0.3) is 11.1 Å². The molecule has 1 saturated carbocycles. The van der Waals surface area contributed by atoms with E-state index in [-0.39, 0.29) is 5.78 Å². The molecule has 0 amide bonds. The molecule has 3 nitrogen and oxygen atoms in total. The Labute approximate surface area is 118 Å². The van der Waals surface area contributed by atoms with Gasteiger partial charge in [0.05, 0.1) is 12.2 Å². The maximum absolute atomic E-state index is 11.8. The Morgan fingerprint density at radius 2 is 2.15 bits per heavy atom. The van der Waals surface area contributed by atoms with E-state index in [1.165, 1.54) is 12.8 Å². The summed E-state index contributed by atoms with van der Waals surface area (Å²) in [5.74, 6) is 1.39. The van der Waals surface area contributed by atoms with Crippen LogP contribution in [0.5, 0.6) is 5.75 Å². The molecular weight excluding hydrogens is 250 g/mol. The first-order valence-electron chi connectivity index (χ1n) is 6.92. The number of nitrogens with zero attached hydrogens (tertiary/aromatic N) is 1. The number of Topliss-reactive ketones (excluding diaryl/α,β-unsaturated/α-hetero) is 1. The fourth-order valence-corrected chi connectivity index (χ4v) is 2.14. The Hall–Kier alpha value is -2.16. The number of carbonyl (C=O) groups is 1. The van der Waals surface area contributed by atoms with Gasteiger partial charge in [0.2, 0.25) is 0 Å². The molecule has 102 valence electrons. The van der Waals surface area contributed by atoms with Crippen LogP contribution < -0.4 is 4.74 Å². The Morgan fingerprint density at radius 1 is 1.30 bits per heavy atom. The van der Waals surface area contributed by atoms with Crippen LogP contribution in [0.15, 0.2) is 42.7 Å². The van der Waals surface area contributed by atoms with E-state index in [1.54, 1.807) is 19.3 Å². The highest BCUT2D eigenvalue weighted by Crippen LogP contribution is 2.32. The van der Waals surface area contributed by atoms with Crippen LogP contribution in [0.2, 0.25) is 0 Å². The molecule has 1 aromatic heterocycles. The summed E-state index contributed by atoms with van der Waals surface area (Å²) in [6.45, 7) is 2.29. The fraction of sp³-hybridized carbons (Fsp3) is 0.294. The third kappa shape index (κ3) is 2.87. The van der Waals surface area contributed by atoms with Gasteiger partial charge in [-0.25, -0.2) is 0 Å². The van der Waals surface area contributed by atoms with Crippen molar-refractivity contribution in [3.8, 4) is 16.9 Å². The van der Waals surface area contributed by atoms with Crippen LogP contribution >= 0.6 is 0 Å². The van der Waals surface area contributed by atoms with Gasteiger partial charge in [-0.2, -0.15) is 0 Å². The number of pyridine rings is 1. The minimum Gasteiger partial charge on any atom is -0.493 e. The van der Waals surface area contributed by atoms with Crippen molar-refractivity contribution in [2.45, 2.75) is 19.8 Å². The molecule has 0 aliphatic heterocycles. The molecule has 0 N–H and O–H groups in total. The van der Waals surface area contributed by atoms with Crippen LogP contribution in [0.3, 0.4) is 0 Å². The standard InChI is InChI=1S/C17H17NO2/c1-12(19)16-9-14(15-3-2-8-18-10-15)6-7-17(16)20-11-13-4-5-13/h2-3,6-10,13H,4-5,11H2,1H3. The van der Waals surface area contributed by atoms with Crippen molar-refractivity contribution in [2.75, 3.05) is 6.61 Å². The topological polar surface area (TPSA) is 39.2 Å². The highest BCUT2D eigenvalue weighted by atomic mass is 16.5. The van der Waals surface area contributed by atoms with Gasteiger partial charge < -0.3 is 4.74 Å². The lowest BCUT2D eigenvalue weighted by Gasteiger charge is -2.11. The van der Waals surface area contributed by atoms with Crippen LogP contribution in [0.4, 0.5) is 0 Å². The quantitative estimate of drug-likeness (QED) is 0.775. The van der Waals surface area contributed by atoms with E-state index in [0.717, 1.165) is 11.1 Å². The normalized spacial score (nSPS) is 14.1. The molecule has 20 heavy (non-hydrogen) atoms. The molecule has 0 radical (unpaired) electrons. The van der Waals surface area contributed by atoms with Gasteiger partial charge in [-0.1, -0.05) is 12.1 Å². The summed E-state index contributed by atoms with van der Waals surface area (Å²) in [6, 6.07) is 9.63. The van der Waals surface area contributed by atoms with Crippen LogP contribution in [-0.4, -0.2) is 17.4 Å². The van der Waals surface area contributed by atoms with Crippen molar-refractivity contribution in [3.05, 3.63) is 48.3 Å². The number of ketones is 1. The van der Waals surface area contributed by atoms with Crippen molar-refractivity contribution in [1.29, 1.82) is 0 Å². The van der Waals surface area contributed by atoms with Gasteiger partial charge in [0.1, 0.15) is 5.75 Å². The number of hydrogen-bond donors (Lipinski definition) is 0. The van der Waals surface area contributed by atoms with Crippen molar-refractivity contribution >= 4 is 5.78 Å². The third-order valence-corrected chi connectivity index (χ3v) is 3.53. The van der Waals surface area contributed by atoms with Gasteiger partial charge in [0, 0.05) is 18.0 Å². The molecule has 1 heterocycles. The number of aromatic nitrogens is 1. The van der Waals surface area contributed by atoms with Gasteiger partial charge in [-0.15, -0.1) is 0 Å². The van der Waals surface area contributed by atoms with Gasteiger partial charge in [-0.05, 0) is 49.4 Å². The molecule has 3 rings (SSSR count). The van der Waals surface area contributed by atoms with Gasteiger partial charge in [0.15, 0.2) is 5.78 Å². The third-order valence-electron chi connectivity index (χ3n) is 3.53. The Balaban J connectivity index is 1.90. The predicted molar refractivity (Wildman–Crippen MR) is 77.9 cm³/mol. The average Bonchev–Trinajstić information content (AvgIpc) is 3.30. The van der Waals surface area contributed by atoms with E-state index in [2.05, 4.69) is 4.98 Å². The van der Waals surface area contributed by atoms with E-state index in [9.17, 15) is 4.79 Å². The zero-order valence-corrected chi connectivity index (χ0v) is 11.5. The summed E-state index contributed by atoms with van der Waals surface area (Å²) in [4.78, 5) is 15.9. The smallest absolute Gasteiger partial charge is 0.163 e. The lowest BCUT2D eigenvalue weighted by atomic mass is 10.0. The molecule has 0 spiro atoms. The van der Waals surface area contributed by atoms with Gasteiger partial charge >= 0.3 is 0 Å². The van der Waals surface area contributed by atoms with Crippen LogP contribution in [-0.2, 0) is 0 Å². The van der Waals surface area contributed by atoms with E-state index in [0.29, 0.717) is 23.8 Å². The van der Waals surface area contributed by atoms with Crippen LogP contribution in [0, 0.1) is 5.92 Å². The van der Waals surface area contributed by atoms with Crippen molar-refractivity contribution in [3.63, 3.8) is 0 Å². The monoisotopic (exact) mass is 267 g/mol. The molecule has 1 aliphatic rings. The average molecular weight is 267 g/mol. The number of ether oxygens (including phenoxy) is 1. The van der Waals surface area contributed by atoms with Crippen molar-refractivity contribution < 1.29 is 9.53 Å². The second kappa shape index (κ2) is 5.45. The maximum atomic E-state index is 11.8. The summed E-state index contributed by atoms with van der Waals surface area (Å²) in [5, 5.41) is 0. The molecule has 1 aliphatic carbocycles. The summed E-state index contributed by atoms with van der Waals surface area (Å²) >= 11 is 0. The first-order chi connectivity index (χ1) is 9.74. The highest BCUT2D eigenvalue weighted by molar-refractivity contribution is 5.98. The lowest BCUT2D eigenvalue weighted by molar-refractivity contribution is 0.101. The van der Waals surface area contributed by atoms with E-state index < -0.39 is 0 Å². The SMILES string of the molecule is CC(=O)c1cc(-c2cccnc2)ccc1OCC1CC1. The zero-order chi connectivity index (χ0) is 13.9. The minimum absolute atomic E-state index is 0.0292. The largest absolute Gasteiger partial charge is 0.493 e.